The van der Waals surface area contributed by atoms with Crippen LogP contribution >= 0.6 is 0 Å². The molecule has 2 atom stereocenters. The molecule has 0 unspecified atom stereocenters. The topological polar surface area (TPSA) is 110 Å². The minimum Gasteiger partial charge on any atom is -0.493 e. The van der Waals surface area contributed by atoms with Gasteiger partial charge < -0.3 is 29.3 Å². The molecule has 42 heavy (non-hydrogen) atoms. The third-order valence-electron chi connectivity index (χ3n) is 7.59. The Hall–Kier alpha value is -4.44. The van der Waals surface area contributed by atoms with Crippen LogP contribution in [0.4, 0.5) is 0 Å². The van der Waals surface area contributed by atoms with Gasteiger partial charge in [0.1, 0.15) is 11.4 Å². The highest BCUT2D eigenvalue weighted by Gasteiger charge is 2.34. The molecular weight excluding hydrogens is 536 g/mol. The SMILES string of the molecule is CCN1CC(=O)N[C@H]2CCN(C(=O)c3ccccn3)C[C@@H]2OCc2cccc(c2)Oc2cc(ccc2OC)CCC1=O. The van der Waals surface area contributed by atoms with E-state index in [0.717, 1.165) is 11.1 Å². The second kappa shape index (κ2) is 13.5. The number of hydrogen-bond acceptors (Lipinski definition) is 7. The Morgan fingerprint density at radius 1 is 1.07 bits per heavy atom. The summed E-state index contributed by atoms with van der Waals surface area (Å²) in [7, 11) is 1.58. The molecule has 220 valence electrons. The number of amides is 3. The zero-order chi connectivity index (χ0) is 29.5. The molecule has 3 amide bonds. The van der Waals surface area contributed by atoms with E-state index in [1.54, 1.807) is 41.3 Å². The van der Waals surface area contributed by atoms with Gasteiger partial charge >= 0.3 is 0 Å². The number of pyridine rings is 1. The summed E-state index contributed by atoms with van der Waals surface area (Å²) in [6.45, 7) is 3.20. The lowest BCUT2D eigenvalue weighted by atomic mass is 10.0. The molecule has 2 aromatic carbocycles. The van der Waals surface area contributed by atoms with Crippen molar-refractivity contribution >= 4 is 17.7 Å². The Morgan fingerprint density at radius 3 is 2.74 bits per heavy atom. The summed E-state index contributed by atoms with van der Waals surface area (Å²) >= 11 is 0. The molecule has 4 bridgehead atoms. The number of carbonyl (C=O) groups is 3. The second-order valence-corrected chi connectivity index (χ2v) is 10.4. The van der Waals surface area contributed by atoms with Gasteiger partial charge in [0.25, 0.3) is 5.91 Å². The monoisotopic (exact) mass is 572 g/mol. The highest BCUT2D eigenvalue weighted by Crippen LogP contribution is 2.33. The highest BCUT2D eigenvalue weighted by atomic mass is 16.5. The van der Waals surface area contributed by atoms with Crippen LogP contribution in [0.25, 0.3) is 0 Å². The van der Waals surface area contributed by atoms with Gasteiger partial charge in [0.05, 0.1) is 32.4 Å². The third kappa shape index (κ3) is 7.06. The zero-order valence-corrected chi connectivity index (χ0v) is 24.0. The number of carbonyl (C=O) groups excluding carboxylic acids is 3. The number of fused-ring (bicyclic) bond motifs is 5. The number of ether oxygens (including phenoxy) is 3. The quantitative estimate of drug-likeness (QED) is 0.511. The maximum Gasteiger partial charge on any atom is 0.272 e. The molecule has 0 aliphatic carbocycles. The number of methoxy groups -OCH3 is 1. The second-order valence-electron chi connectivity index (χ2n) is 10.4. The van der Waals surface area contributed by atoms with E-state index >= 15 is 0 Å². The summed E-state index contributed by atoms with van der Waals surface area (Å²) in [5.41, 5.74) is 2.17. The van der Waals surface area contributed by atoms with Crippen molar-refractivity contribution in [2.24, 2.45) is 0 Å². The number of rotatable bonds is 3. The average Bonchev–Trinajstić information content (AvgIpc) is 3.02. The van der Waals surface area contributed by atoms with Crippen molar-refractivity contribution in [2.75, 3.05) is 33.3 Å². The first kappa shape index (κ1) is 29.1. The standard InChI is InChI=1S/C32H36N4O6/c1-3-35-20-30(37)34-25-14-16-36(32(39)26-9-4-5-15-33-26)19-29(25)41-21-23-7-6-8-24(17-23)42-28-18-22(11-13-31(35)38)10-12-27(28)40-2/h4-10,12,15,17-18,25,29H,3,11,13-14,16,19-21H2,1-2H3,(H,34,37)/t25-,29-/m0/s1. The smallest absolute Gasteiger partial charge is 0.272 e. The van der Waals surface area contributed by atoms with E-state index in [-0.39, 0.29) is 49.9 Å². The average molecular weight is 573 g/mol. The summed E-state index contributed by atoms with van der Waals surface area (Å²) in [5, 5.41) is 3.08. The van der Waals surface area contributed by atoms with Gasteiger partial charge in [-0.05, 0) is 67.3 Å². The predicted molar refractivity (Wildman–Crippen MR) is 155 cm³/mol. The van der Waals surface area contributed by atoms with Crippen LogP contribution in [-0.2, 0) is 27.4 Å². The van der Waals surface area contributed by atoms with E-state index in [1.807, 2.05) is 49.4 Å². The van der Waals surface area contributed by atoms with Gasteiger partial charge in [-0.1, -0.05) is 24.3 Å². The largest absolute Gasteiger partial charge is 0.493 e. The van der Waals surface area contributed by atoms with Crippen LogP contribution in [0.1, 0.15) is 41.4 Å². The molecule has 1 aromatic heterocycles. The molecular formula is C32H36N4O6. The molecule has 2 aliphatic heterocycles. The normalized spacial score (nSPS) is 20.0. The van der Waals surface area contributed by atoms with Gasteiger partial charge in [0.2, 0.25) is 11.8 Å². The van der Waals surface area contributed by atoms with Crippen LogP contribution in [0, 0.1) is 0 Å². The van der Waals surface area contributed by atoms with Crippen molar-refractivity contribution in [2.45, 2.75) is 44.9 Å². The van der Waals surface area contributed by atoms with Gasteiger partial charge in [-0.3, -0.25) is 19.4 Å². The first-order valence-corrected chi connectivity index (χ1v) is 14.3. The number of likely N-dealkylation sites (tertiary alicyclic amines) is 1. The summed E-state index contributed by atoms with van der Waals surface area (Å²) in [6, 6.07) is 18.1. The lowest BCUT2D eigenvalue weighted by molar-refractivity contribution is -0.136. The van der Waals surface area contributed by atoms with Crippen molar-refractivity contribution in [1.82, 2.24) is 20.1 Å². The number of nitrogens with zero attached hydrogens (tertiary/aromatic N) is 3. The number of piperidine rings is 1. The van der Waals surface area contributed by atoms with Crippen LogP contribution in [0.5, 0.6) is 17.2 Å². The number of likely N-dealkylation sites (N-methyl/N-ethyl adjacent to an activating group) is 1. The predicted octanol–water partition coefficient (Wildman–Crippen LogP) is 3.59. The first-order valence-electron chi connectivity index (χ1n) is 14.3. The fourth-order valence-corrected chi connectivity index (χ4v) is 5.28. The van der Waals surface area contributed by atoms with E-state index < -0.39 is 6.10 Å². The van der Waals surface area contributed by atoms with Crippen LogP contribution in [0.15, 0.2) is 66.9 Å². The molecule has 1 N–H and O–H groups in total. The number of nitrogens with one attached hydrogen (secondary N) is 1. The molecule has 1 fully saturated rings. The van der Waals surface area contributed by atoms with Gasteiger partial charge in [0, 0.05) is 32.3 Å². The van der Waals surface area contributed by atoms with E-state index in [4.69, 9.17) is 14.2 Å². The Kier molecular flexibility index (Phi) is 9.33. The van der Waals surface area contributed by atoms with Gasteiger partial charge in [-0.2, -0.15) is 0 Å². The maximum atomic E-state index is 13.2. The molecule has 3 heterocycles. The van der Waals surface area contributed by atoms with E-state index in [9.17, 15) is 14.4 Å². The molecule has 3 aromatic rings. The van der Waals surface area contributed by atoms with Crippen molar-refractivity contribution in [3.8, 4) is 17.2 Å². The number of aromatic nitrogens is 1. The third-order valence-corrected chi connectivity index (χ3v) is 7.59. The van der Waals surface area contributed by atoms with Crippen LogP contribution in [0.3, 0.4) is 0 Å². The van der Waals surface area contributed by atoms with Crippen LogP contribution in [-0.4, -0.2) is 77.9 Å². The Morgan fingerprint density at radius 2 is 1.95 bits per heavy atom. The van der Waals surface area contributed by atoms with Crippen molar-refractivity contribution in [1.29, 1.82) is 0 Å². The summed E-state index contributed by atoms with van der Waals surface area (Å²) < 4.78 is 18.1. The van der Waals surface area contributed by atoms with E-state index in [0.29, 0.717) is 48.9 Å². The molecule has 0 radical (unpaired) electrons. The Bertz CT molecular complexity index is 1420. The minimum absolute atomic E-state index is 0.0475. The van der Waals surface area contributed by atoms with Gasteiger partial charge in [-0.25, -0.2) is 0 Å². The Balaban J connectivity index is 1.42. The number of benzene rings is 2. The van der Waals surface area contributed by atoms with Crippen molar-refractivity contribution in [3.05, 3.63) is 83.7 Å². The lowest BCUT2D eigenvalue weighted by Gasteiger charge is -2.39. The van der Waals surface area contributed by atoms with Crippen molar-refractivity contribution < 1.29 is 28.6 Å². The molecule has 1 saturated heterocycles. The van der Waals surface area contributed by atoms with Crippen LogP contribution in [0.2, 0.25) is 0 Å². The summed E-state index contributed by atoms with van der Waals surface area (Å²) in [5.74, 6) is 1.19. The maximum absolute atomic E-state index is 13.2. The van der Waals surface area contributed by atoms with Crippen LogP contribution < -0.4 is 14.8 Å². The zero-order valence-electron chi connectivity index (χ0n) is 24.0. The molecule has 0 spiro atoms. The number of hydrogen-bond donors (Lipinski definition) is 1. The Labute approximate surface area is 245 Å². The first-order chi connectivity index (χ1) is 20.4. The van der Waals surface area contributed by atoms with E-state index in [1.165, 1.54) is 0 Å². The highest BCUT2D eigenvalue weighted by molar-refractivity contribution is 5.92. The molecule has 10 nitrogen and oxygen atoms in total. The fraction of sp³-hybridized carbons (Fsp3) is 0.375. The number of aryl methyl sites for hydroxylation is 1. The molecule has 2 aliphatic rings. The van der Waals surface area contributed by atoms with Crippen molar-refractivity contribution in [3.63, 3.8) is 0 Å². The molecule has 0 saturated carbocycles. The lowest BCUT2D eigenvalue weighted by Crippen LogP contribution is -2.57. The molecule has 10 heteroatoms. The summed E-state index contributed by atoms with van der Waals surface area (Å²) in [6.07, 6.45) is 2.38. The van der Waals surface area contributed by atoms with Gasteiger partial charge in [0.15, 0.2) is 11.5 Å². The minimum atomic E-state index is -0.471. The fourth-order valence-electron chi connectivity index (χ4n) is 5.28. The summed E-state index contributed by atoms with van der Waals surface area (Å²) in [4.78, 5) is 46.9. The molecule has 5 rings (SSSR count). The van der Waals surface area contributed by atoms with Gasteiger partial charge in [-0.15, -0.1) is 0 Å². The van der Waals surface area contributed by atoms with E-state index in [2.05, 4.69) is 10.3 Å².